The van der Waals surface area contributed by atoms with E-state index in [1.165, 1.54) is 18.3 Å². The molecular weight excluding hydrogens is 194 g/mol. The van der Waals surface area contributed by atoms with Gasteiger partial charge in [-0.25, -0.2) is 14.5 Å². The summed E-state index contributed by atoms with van der Waals surface area (Å²) < 4.78 is 1.54. The predicted molar refractivity (Wildman–Crippen MR) is 53.1 cm³/mol. The Morgan fingerprint density at radius 1 is 1.47 bits per heavy atom. The molecule has 76 valence electrons. The van der Waals surface area contributed by atoms with Crippen LogP contribution in [0.3, 0.4) is 0 Å². The number of rotatable bonds is 2. The van der Waals surface area contributed by atoms with Crippen LogP contribution in [-0.2, 0) is 0 Å². The molecule has 2 heterocycles. The standard InChI is InChI=1S/C10H9N3O2/c1-7-3-5-13(12-7)9-6-8(10(14)15)2-4-11-9/h2-6H,1H3,(H,14,15). The number of hydrogen-bond donors (Lipinski definition) is 1. The Bertz CT molecular complexity index is 505. The predicted octanol–water partition coefficient (Wildman–Crippen LogP) is 1.27. The monoisotopic (exact) mass is 203 g/mol. The lowest BCUT2D eigenvalue weighted by Gasteiger charge is -2.00. The first-order valence-corrected chi connectivity index (χ1v) is 4.39. The van der Waals surface area contributed by atoms with Crippen molar-refractivity contribution in [3.05, 3.63) is 41.9 Å². The minimum atomic E-state index is -0.970. The molecule has 0 aliphatic carbocycles. The van der Waals surface area contributed by atoms with E-state index in [9.17, 15) is 4.79 Å². The quantitative estimate of drug-likeness (QED) is 0.798. The molecule has 15 heavy (non-hydrogen) atoms. The summed E-state index contributed by atoms with van der Waals surface area (Å²) in [7, 11) is 0. The lowest BCUT2D eigenvalue weighted by molar-refractivity contribution is 0.0696. The number of carboxylic acids is 1. The Kier molecular flexibility index (Phi) is 2.21. The number of hydrogen-bond acceptors (Lipinski definition) is 3. The molecule has 1 N–H and O–H groups in total. The summed E-state index contributed by atoms with van der Waals surface area (Å²) in [5.41, 5.74) is 1.06. The second-order valence-corrected chi connectivity index (χ2v) is 3.11. The van der Waals surface area contributed by atoms with Gasteiger partial charge in [-0.1, -0.05) is 0 Å². The van der Waals surface area contributed by atoms with Gasteiger partial charge >= 0.3 is 5.97 Å². The van der Waals surface area contributed by atoms with Crippen molar-refractivity contribution in [2.24, 2.45) is 0 Å². The number of carboxylic acid groups (broad SMARTS) is 1. The number of aromatic carboxylic acids is 1. The summed E-state index contributed by atoms with van der Waals surface area (Å²) in [5.74, 6) is -0.467. The van der Waals surface area contributed by atoms with Crippen molar-refractivity contribution in [2.45, 2.75) is 6.92 Å². The Morgan fingerprint density at radius 3 is 2.87 bits per heavy atom. The Hall–Kier alpha value is -2.17. The first-order chi connectivity index (χ1) is 7.16. The van der Waals surface area contributed by atoms with E-state index >= 15 is 0 Å². The molecule has 0 saturated carbocycles. The second kappa shape index (κ2) is 3.53. The highest BCUT2D eigenvalue weighted by molar-refractivity contribution is 5.87. The van der Waals surface area contributed by atoms with Crippen LogP contribution in [-0.4, -0.2) is 25.8 Å². The third kappa shape index (κ3) is 1.85. The molecule has 2 aromatic rings. The van der Waals surface area contributed by atoms with Gasteiger partial charge < -0.3 is 5.11 Å². The van der Waals surface area contributed by atoms with Crippen molar-refractivity contribution in [1.82, 2.24) is 14.8 Å². The SMILES string of the molecule is Cc1ccn(-c2cc(C(=O)O)ccn2)n1. The van der Waals surface area contributed by atoms with Crippen molar-refractivity contribution in [3.63, 3.8) is 0 Å². The van der Waals surface area contributed by atoms with Gasteiger partial charge in [0.2, 0.25) is 0 Å². The van der Waals surface area contributed by atoms with Crippen LogP contribution in [0.25, 0.3) is 5.82 Å². The maximum absolute atomic E-state index is 10.7. The molecule has 2 rings (SSSR count). The van der Waals surface area contributed by atoms with Crippen LogP contribution in [0.2, 0.25) is 0 Å². The maximum atomic E-state index is 10.7. The van der Waals surface area contributed by atoms with Gasteiger partial charge in [0.05, 0.1) is 11.3 Å². The zero-order chi connectivity index (χ0) is 10.8. The number of nitrogens with zero attached hydrogens (tertiary/aromatic N) is 3. The van der Waals surface area contributed by atoms with E-state index in [4.69, 9.17) is 5.11 Å². The highest BCUT2D eigenvalue weighted by Gasteiger charge is 2.05. The van der Waals surface area contributed by atoms with Crippen LogP contribution in [0.4, 0.5) is 0 Å². The van der Waals surface area contributed by atoms with Crippen LogP contribution in [0.15, 0.2) is 30.6 Å². The van der Waals surface area contributed by atoms with E-state index in [0.29, 0.717) is 5.82 Å². The lowest BCUT2D eigenvalue weighted by Crippen LogP contribution is -2.02. The van der Waals surface area contributed by atoms with E-state index < -0.39 is 5.97 Å². The van der Waals surface area contributed by atoms with Crippen molar-refractivity contribution in [1.29, 1.82) is 0 Å². The van der Waals surface area contributed by atoms with Crippen LogP contribution in [0.1, 0.15) is 16.1 Å². The topological polar surface area (TPSA) is 68.0 Å². The van der Waals surface area contributed by atoms with E-state index in [2.05, 4.69) is 10.1 Å². The molecule has 0 atom stereocenters. The molecule has 5 heteroatoms. The van der Waals surface area contributed by atoms with Gasteiger partial charge in [0, 0.05) is 12.4 Å². The van der Waals surface area contributed by atoms with Gasteiger partial charge in [0.25, 0.3) is 0 Å². The van der Waals surface area contributed by atoms with E-state index in [0.717, 1.165) is 5.69 Å². The fraction of sp³-hybridized carbons (Fsp3) is 0.100. The van der Waals surface area contributed by atoms with E-state index in [-0.39, 0.29) is 5.56 Å². The zero-order valence-electron chi connectivity index (χ0n) is 8.08. The van der Waals surface area contributed by atoms with Gasteiger partial charge in [-0.3, -0.25) is 0 Å². The highest BCUT2D eigenvalue weighted by Crippen LogP contribution is 2.07. The van der Waals surface area contributed by atoms with Gasteiger partial charge in [0.1, 0.15) is 0 Å². The maximum Gasteiger partial charge on any atom is 0.335 e. The number of aryl methyl sites for hydroxylation is 1. The van der Waals surface area contributed by atoms with Gasteiger partial charge in [0.15, 0.2) is 5.82 Å². The third-order valence-corrected chi connectivity index (χ3v) is 1.95. The Balaban J connectivity index is 2.45. The molecule has 2 aromatic heterocycles. The van der Waals surface area contributed by atoms with Gasteiger partial charge in [-0.2, -0.15) is 5.10 Å². The smallest absolute Gasteiger partial charge is 0.335 e. The molecule has 0 fully saturated rings. The van der Waals surface area contributed by atoms with Crippen LogP contribution < -0.4 is 0 Å². The van der Waals surface area contributed by atoms with Gasteiger partial charge in [-0.15, -0.1) is 0 Å². The minimum absolute atomic E-state index is 0.202. The fourth-order valence-electron chi connectivity index (χ4n) is 1.22. The minimum Gasteiger partial charge on any atom is -0.478 e. The summed E-state index contributed by atoms with van der Waals surface area (Å²) in [6.45, 7) is 1.86. The third-order valence-electron chi connectivity index (χ3n) is 1.95. The lowest BCUT2D eigenvalue weighted by atomic mass is 10.3. The van der Waals surface area contributed by atoms with Crippen molar-refractivity contribution in [2.75, 3.05) is 0 Å². The first-order valence-electron chi connectivity index (χ1n) is 4.39. The number of aromatic nitrogens is 3. The molecule has 0 saturated heterocycles. The molecule has 0 aliphatic rings. The van der Waals surface area contributed by atoms with E-state index in [1.807, 2.05) is 13.0 Å². The number of pyridine rings is 1. The summed E-state index contributed by atoms with van der Waals surface area (Å²) in [6.07, 6.45) is 3.19. The summed E-state index contributed by atoms with van der Waals surface area (Å²) in [6, 6.07) is 4.76. The number of carbonyl (C=O) groups is 1. The van der Waals surface area contributed by atoms with Crippen molar-refractivity contribution in [3.8, 4) is 5.82 Å². The molecule has 0 bridgehead atoms. The molecule has 0 spiro atoms. The fourth-order valence-corrected chi connectivity index (χ4v) is 1.22. The van der Waals surface area contributed by atoms with Crippen LogP contribution in [0, 0.1) is 6.92 Å². The Morgan fingerprint density at radius 2 is 2.27 bits per heavy atom. The summed E-state index contributed by atoms with van der Waals surface area (Å²) >= 11 is 0. The van der Waals surface area contributed by atoms with Crippen molar-refractivity contribution >= 4 is 5.97 Å². The average Bonchev–Trinajstić information content (AvgIpc) is 2.65. The molecule has 0 amide bonds. The molecule has 0 radical (unpaired) electrons. The molecule has 5 nitrogen and oxygen atoms in total. The zero-order valence-corrected chi connectivity index (χ0v) is 8.08. The average molecular weight is 203 g/mol. The molecule has 0 aromatic carbocycles. The van der Waals surface area contributed by atoms with E-state index in [1.54, 1.807) is 10.9 Å². The normalized spacial score (nSPS) is 10.2. The largest absolute Gasteiger partial charge is 0.478 e. The van der Waals surface area contributed by atoms with Gasteiger partial charge in [-0.05, 0) is 25.1 Å². The van der Waals surface area contributed by atoms with Crippen molar-refractivity contribution < 1.29 is 9.90 Å². The molecule has 0 aliphatic heterocycles. The van der Waals surface area contributed by atoms with Crippen LogP contribution in [0.5, 0.6) is 0 Å². The van der Waals surface area contributed by atoms with Crippen LogP contribution >= 0.6 is 0 Å². The molecular formula is C10H9N3O2. The molecule has 0 unspecified atom stereocenters. The summed E-state index contributed by atoms with van der Waals surface area (Å²) in [4.78, 5) is 14.8. The summed E-state index contributed by atoms with van der Waals surface area (Å²) in [5, 5.41) is 12.9. The second-order valence-electron chi connectivity index (χ2n) is 3.11. The first kappa shape index (κ1) is 9.39. The highest BCUT2D eigenvalue weighted by atomic mass is 16.4. The Labute approximate surface area is 86.0 Å².